The Morgan fingerprint density at radius 1 is 1.38 bits per heavy atom. The first-order valence-corrected chi connectivity index (χ1v) is 5.69. The van der Waals surface area contributed by atoms with Crippen LogP contribution in [0, 0.1) is 6.92 Å². The Morgan fingerprint density at radius 3 is 3.12 bits per heavy atom. The average molecular weight is 213 g/mol. The summed E-state index contributed by atoms with van der Waals surface area (Å²) in [5.41, 5.74) is 4.95. The van der Waals surface area contributed by atoms with Crippen LogP contribution in [0.5, 0.6) is 0 Å². The van der Waals surface area contributed by atoms with Crippen molar-refractivity contribution in [3.63, 3.8) is 0 Å². The third-order valence-electron chi connectivity index (χ3n) is 3.16. The van der Waals surface area contributed by atoms with Gasteiger partial charge in [-0.25, -0.2) is 4.98 Å². The van der Waals surface area contributed by atoms with E-state index in [1.54, 1.807) is 0 Å². The number of aromatic amines is 1. The Labute approximate surface area is 94.6 Å². The minimum absolute atomic E-state index is 0.960. The monoisotopic (exact) mass is 213 g/mol. The minimum atomic E-state index is 0.960. The molecule has 0 spiro atoms. The molecule has 0 aromatic carbocycles. The average Bonchev–Trinajstić information content (AvgIpc) is 2.75. The number of pyridine rings is 1. The fraction of sp³-hybridized carbons (Fsp3) is 0.308. The predicted molar refractivity (Wildman–Crippen MR) is 66.3 cm³/mol. The summed E-state index contributed by atoms with van der Waals surface area (Å²) in [6.07, 6.45) is 7.36. The number of hydrogen-bond acceptors (Lipinski definition) is 2. The Balaban J connectivity index is 2.20. The molecule has 0 atom stereocenters. The Hall–Kier alpha value is -1.61. The van der Waals surface area contributed by atoms with Gasteiger partial charge in [0.15, 0.2) is 0 Å². The Morgan fingerprint density at radius 2 is 2.31 bits per heavy atom. The molecule has 0 radical (unpaired) electrons. The van der Waals surface area contributed by atoms with Crippen molar-refractivity contribution < 1.29 is 0 Å². The van der Waals surface area contributed by atoms with Gasteiger partial charge in [0.1, 0.15) is 5.65 Å². The number of H-pyrrole nitrogens is 1. The number of nitrogens with zero attached hydrogens (tertiary/aromatic N) is 1. The smallest absolute Gasteiger partial charge is 0.138 e. The molecule has 3 rings (SSSR count). The fourth-order valence-electron chi connectivity index (χ4n) is 2.32. The first-order chi connectivity index (χ1) is 7.86. The molecule has 2 aromatic heterocycles. The molecule has 0 unspecified atom stereocenters. The van der Waals surface area contributed by atoms with E-state index in [0.29, 0.717) is 0 Å². The van der Waals surface area contributed by atoms with Gasteiger partial charge in [0.25, 0.3) is 0 Å². The number of aryl methyl sites for hydroxylation is 1. The molecule has 0 aliphatic carbocycles. The molecule has 2 N–H and O–H groups in total. The van der Waals surface area contributed by atoms with Crippen molar-refractivity contribution >= 4 is 16.6 Å². The second-order valence-corrected chi connectivity index (χ2v) is 4.25. The summed E-state index contributed by atoms with van der Waals surface area (Å²) in [4.78, 5) is 7.60. The van der Waals surface area contributed by atoms with Crippen molar-refractivity contribution in [3.8, 4) is 0 Å². The van der Waals surface area contributed by atoms with E-state index in [9.17, 15) is 0 Å². The lowest BCUT2D eigenvalue weighted by Gasteiger charge is -2.13. The van der Waals surface area contributed by atoms with Crippen molar-refractivity contribution in [1.82, 2.24) is 15.3 Å². The highest BCUT2D eigenvalue weighted by Crippen LogP contribution is 2.27. The zero-order valence-corrected chi connectivity index (χ0v) is 9.38. The lowest BCUT2D eigenvalue weighted by atomic mass is 10.0. The molecule has 3 heterocycles. The predicted octanol–water partition coefficient (Wildman–Crippen LogP) is 2.25. The van der Waals surface area contributed by atoms with Gasteiger partial charge < -0.3 is 10.3 Å². The van der Waals surface area contributed by atoms with Crippen LogP contribution in [0.4, 0.5) is 0 Å². The van der Waals surface area contributed by atoms with Crippen molar-refractivity contribution in [1.29, 1.82) is 0 Å². The van der Waals surface area contributed by atoms with Crippen LogP contribution in [-0.4, -0.2) is 23.1 Å². The summed E-state index contributed by atoms with van der Waals surface area (Å²) in [7, 11) is 0. The highest BCUT2D eigenvalue weighted by Gasteiger charge is 2.12. The molecule has 0 saturated heterocycles. The normalized spacial score (nSPS) is 16.4. The molecule has 82 valence electrons. The number of rotatable bonds is 1. The second kappa shape index (κ2) is 3.76. The summed E-state index contributed by atoms with van der Waals surface area (Å²) < 4.78 is 0. The number of hydrogen-bond donors (Lipinski definition) is 2. The molecule has 0 bridgehead atoms. The van der Waals surface area contributed by atoms with Crippen molar-refractivity contribution in [3.05, 3.63) is 35.7 Å². The molecule has 2 aromatic rings. The van der Waals surface area contributed by atoms with Gasteiger partial charge in [-0.3, -0.25) is 0 Å². The molecule has 3 heteroatoms. The van der Waals surface area contributed by atoms with E-state index in [1.165, 1.54) is 22.1 Å². The van der Waals surface area contributed by atoms with Gasteiger partial charge in [-0.2, -0.15) is 0 Å². The van der Waals surface area contributed by atoms with E-state index in [1.807, 2.05) is 6.20 Å². The first kappa shape index (κ1) is 9.60. The maximum absolute atomic E-state index is 4.35. The zero-order chi connectivity index (χ0) is 11.0. The molecule has 1 aliphatic rings. The molecular weight excluding hydrogens is 198 g/mol. The van der Waals surface area contributed by atoms with Gasteiger partial charge in [0, 0.05) is 29.9 Å². The SMILES string of the molecule is Cc1ccnc2[nH]cc(C3=CCCNC3)c12. The molecule has 0 amide bonds. The zero-order valence-electron chi connectivity index (χ0n) is 9.38. The topological polar surface area (TPSA) is 40.7 Å². The van der Waals surface area contributed by atoms with Gasteiger partial charge in [0.05, 0.1) is 0 Å². The number of nitrogens with one attached hydrogen (secondary N) is 2. The molecule has 0 fully saturated rings. The summed E-state index contributed by atoms with van der Waals surface area (Å²) in [5.74, 6) is 0. The maximum Gasteiger partial charge on any atom is 0.138 e. The number of fused-ring (bicyclic) bond motifs is 1. The molecular formula is C13H15N3. The van der Waals surface area contributed by atoms with Crippen LogP contribution in [0.1, 0.15) is 17.5 Å². The van der Waals surface area contributed by atoms with Crippen molar-refractivity contribution in [2.75, 3.05) is 13.1 Å². The van der Waals surface area contributed by atoms with Gasteiger partial charge in [-0.1, -0.05) is 6.08 Å². The maximum atomic E-state index is 4.35. The summed E-state index contributed by atoms with van der Waals surface area (Å²) in [6.45, 7) is 4.18. The lowest BCUT2D eigenvalue weighted by Crippen LogP contribution is -2.21. The van der Waals surface area contributed by atoms with E-state index in [-0.39, 0.29) is 0 Å². The van der Waals surface area contributed by atoms with Gasteiger partial charge >= 0.3 is 0 Å². The summed E-state index contributed by atoms with van der Waals surface area (Å²) >= 11 is 0. The molecule has 0 saturated carbocycles. The van der Waals surface area contributed by atoms with Crippen LogP contribution in [0.15, 0.2) is 24.5 Å². The van der Waals surface area contributed by atoms with Crippen LogP contribution in [-0.2, 0) is 0 Å². The molecule has 16 heavy (non-hydrogen) atoms. The van der Waals surface area contributed by atoms with E-state index in [0.717, 1.165) is 25.2 Å². The van der Waals surface area contributed by atoms with Crippen LogP contribution in [0.2, 0.25) is 0 Å². The quantitative estimate of drug-likeness (QED) is 0.762. The third kappa shape index (κ3) is 1.44. The highest BCUT2D eigenvalue weighted by atomic mass is 14.9. The van der Waals surface area contributed by atoms with Crippen molar-refractivity contribution in [2.45, 2.75) is 13.3 Å². The number of aromatic nitrogens is 2. The largest absolute Gasteiger partial charge is 0.346 e. The van der Waals surface area contributed by atoms with Crippen LogP contribution in [0.3, 0.4) is 0 Å². The van der Waals surface area contributed by atoms with Gasteiger partial charge in [-0.15, -0.1) is 0 Å². The Bertz CT molecular complexity index is 551. The second-order valence-electron chi connectivity index (χ2n) is 4.25. The standard InChI is InChI=1S/C13H15N3/c1-9-4-6-15-13-12(9)11(8-16-13)10-3-2-5-14-7-10/h3-4,6,8,14H,2,5,7H2,1H3,(H,15,16). The molecule has 1 aliphatic heterocycles. The highest BCUT2D eigenvalue weighted by molar-refractivity contribution is 5.93. The van der Waals surface area contributed by atoms with E-state index < -0.39 is 0 Å². The van der Waals surface area contributed by atoms with Crippen molar-refractivity contribution in [2.24, 2.45) is 0 Å². The van der Waals surface area contributed by atoms with Crippen LogP contribution >= 0.6 is 0 Å². The summed E-state index contributed by atoms with van der Waals surface area (Å²) in [6, 6.07) is 2.07. The third-order valence-corrected chi connectivity index (χ3v) is 3.16. The van der Waals surface area contributed by atoms with Gasteiger partial charge in [-0.05, 0) is 37.1 Å². The molecule has 3 nitrogen and oxygen atoms in total. The fourth-order valence-corrected chi connectivity index (χ4v) is 2.32. The Kier molecular flexibility index (Phi) is 2.26. The van der Waals surface area contributed by atoms with E-state index in [2.05, 4.69) is 40.5 Å². The minimum Gasteiger partial charge on any atom is -0.346 e. The summed E-state index contributed by atoms with van der Waals surface area (Å²) in [5, 5.41) is 4.67. The van der Waals surface area contributed by atoms with E-state index in [4.69, 9.17) is 0 Å². The first-order valence-electron chi connectivity index (χ1n) is 5.69. The van der Waals surface area contributed by atoms with E-state index >= 15 is 0 Å². The van der Waals surface area contributed by atoms with Gasteiger partial charge in [0.2, 0.25) is 0 Å². The lowest BCUT2D eigenvalue weighted by molar-refractivity contribution is 0.739. The van der Waals surface area contributed by atoms with Crippen LogP contribution in [0.25, 0.3) is 16.6 Å². The van der Waals surface area contributed by atoms with Crippen LogP contribution < -0.4 is 5.32 Å².